The average Bonchev–Trinajstić information content (AvgIpc) is 3.22. The van der Waals surface area contributed by atoms with Crippen molar-refractivity contribution >= 4 is 0 Å². The van der Waals surface area contributed by atoms with Crippen LogP contribution in [-0.2, 0) is 0 Å². The number of nitrogens with zero attached hydrogens (tertiary/aromatic N) is 3. The zero-order valence-electron chi connectivity index (χ0n) is 13.9. The summed E-state index contributed by atoms with van der Waals surface area (Å²) < 4.78 is 20.5. The number of hydrogen-bond acceptors (Lipinski definition) is 3. The van der Waals surface area contributed by atoms with Gasteiger partial charge in [0.1, 0.15) is 17.3 Å². The number of aromatic nitrogens is 3. The molecule has 5 heteroatoms. The summed E-state index contributed by atoms with van der Waals surface area (Å²) in [6.45, 7) is 3.90. The maximum atomic E-state index is 13.2. The average molecular weight is 333 g/mol. The molecule has 0 unspecified atom stereocenters. The van der Waals surface area contributed by atoms with E-state index in [1.54, 1.807) is 18.5 Å². The lowest BCUT2D eigenvalue weighted by Crippen LogP contribution is -1.90. The molecule has 0 saturated carbocycles. The van der Waals surface area contributed by atoms with Crippen molar-refractivity contribution in [2.75, 3.05) is 0 Å². The van der Waals surface area contributed by atoms with Crippen molar-refractivity contribution in [3.05, 3.63) is 78.2 Å². The SMILES string of the molecule is Cc1cccc(-n2cnc(-c3c(-c4ccc(F)cc4)noc3C)c2)c1. The fourth-order valence-electron chi connectivity index (χ4n) is 2.86. The Bertz CT molecular complexity index is 1030. The van der Waals surface area contributed by atoms with Gasteiger partial charge in [0.25, 0.3) is 0 Å². The highest BCUT2D eigenvalue weighted by Crippen LogP contribution is 2.33. The van der Waals surface area contributed by atoms with E-state index in [1.807, 2.05) is 29.8 Å². The number of rotatable bonds is 3. The van der Waals surface area contributed by atoms with Gasteiger partial charge in [-0.3, -0.25) is 0 Å². The molecule has 4 rings (SSSR count). The van der Waals surface area contributed by atoms with Crippen LogP contribution >= 0.6 is 0 Å². The molecule has 0 fully saturated rings. The minimum absolute atomic E-state index is 0.283. The molecule has 0 amide bonds. The Labute approximate surface area is 144 Å². The van der Waals surface area contributed by atoms with E-state index in [9.17, 15) is 4.39 Å². The smallest absolute Gasteiger partial charge is 0.143 e. The van der Waals surface area contributed by atoms with E-state index in [0.29, 0.717) is 11.5 Å². The van der Waals surface area contributed by atoms with Crippen LogP contribution in [0.15, 0.2) is 65.6 Å². The van der Waals surface area contributed by atoms with Crippen LogP contribution in [0.25, 0.3) is 28.2 Å². The molecule has 124 valence electrons. The van der Waals surface area contributed by atoms with Crippen molar-refractivity contribution in [1.82, 2.24) is 14.7 Å². The first-order valence-electron chi connectivity index (χ1n) is 7.95. The summed E-state index contributed by atoms with van der Waals surface area (Å²) in [5.41, 5.74) is 5.25. The van der Waals surface area contributed by atoms with E-state index in [0.717, 1.165) is 22.5 Å². The van der Waals surface area contributed by atoms with Gasteiger partial charge in [0, 0.05) is 17.4 Å². The molecule has 0 saturated heterocycles. The summed E-state index contributed by atoms with van der Waals surface area (Å²) in [6.07, 6.45) is 3.71. The van der Waals surface area contributed by atoms with E-state index in [1.165, 1.54) is 17.7 Å². The number of benzene rings is 2. The summed E-state index contributed by atoms with van der Waals surface area (Å²) in [7, 11) is 0. The molecule has 4 aromatic rings. The third kappa shape index (κ3) is 2.85. The summed E-state index contributed by atoms with van der Waals surface area (Å²) in [4.78, 5) is 4.52. The first kappa shape index (κ1) is 15.3. The maximum absolute atomic E-state index is 13.2. The lowest BCUT2D eigenvalue weighted by molar-refractivity contribution is 0.400. The summed E-state index contributed by atoms with van der Waals surface area (Å²) >= 11 is 0. The Balaban J connectivity index is 1.78. The molecule has 2 aromatic heterocycles. The van der Waals surface area contributed by atoms with Crippen molar-refractivity contribution in [3.63, 3.8) is 0 Å². The third-order valence-electron chi connectivity index (χ3n) is 4.12. The first-order valence-corrected chi connectivity index (χ1v) is 7.95. The van der Waals surface area contributed by atoms with Gasteiger partial charge in [-0.25, -0.2) is 9.37 Å². The fraction of sp³-hybridized carbons (Fsp3) is 0.100. The molecule has 0 aliphatic carbocycles. The molecular formula is C20H16FN3O. The second kappa shape index (κ2) is 6.02. The largest absolute Gasteiger partial charge is 0.360 e. The normalized spacial score (nSPS) is 11.0. The highest BCUT2D eigenvalue weighted by molar-refractivity contribution is 5.80. The van der Waals surface area contributed by atoms with Gasteiger partial charge in [-0.1, -0.05) is 17.3 Å². The topological polar surface area (TPSA) is 43.9 Å². The predicted molar refractivity (Wildman–Crippen MR) is 93.9 cm³/mol. The van der Waals surface area contributed by atoms with Crippen molar-refractivity contribution in [2.45, 2.75) is 13.8 Å². The van der Waals surface area contributed by atoms with Crippen LogP contribution in [0, 0.1) is 19.7 Å². The molecule has 0 aliphatic heterocycles. The van der Waals surface area contributed by atoms with E-state index in [2.05, 4.69) is 29.2 Å². The van der Waals surface area contributed by atoms with E-state index < -0.39 is 0 Å². The predicted octanol–water partition coefficient (Wildman–Crippen LogP) is 4.95. The number of imidazole rings is 1. The van der Waals surface area contributed by atoms with Crippen molar-refractivity contribution in [2.24, 2.45) is 0 Å². The van der Waals surface area contributed by atoms with E-state index >= 15 is 0 Å². The molecule has 0 aliphatic rings. The molecule has 0 bridgehead atoms. The second-order valence-corrected chi connectivity index (χ2v) is 5.97. The van der Waals surface area contributed by atoms with E-state index in [-0.39, 0.29) is 5.82 Å². The molecule has 2 aromatic carbocycles. The van der Waals surface area contributed by atoms with Gasteiger partial charge in [-0.2, -0.15) is 0 Å². The lowest BCUT2D eigenvalue weighted by Gasteiger charge is -2.03. The van der Waals surface area contributed by atoms with Crippen molar-refractivity contribution < 1.29 is 8.91 Å². The number of hydrogen-bond donors (Lipinski definition) is 0. The minimum atomic E-state index is -0.283. The summed E-state index contributed by atoms with van der Waals surface area (Å²) in [5.74, 6) is 0.392. The van der Waals surface area contributed by atoms with Gasteiger partial charge in [0.05, 0.1) is 17.6 Å². The Kier molecular flexibility index (Phi) is 3.69. The lowest BCUT2D eigenvalue weighted by atomic mass is 10.0. The van der Waals surface area contributed by atoms with Crippen LogP contribution in [0.1, 0.15) is 11.3 Å². The van der Waals surface area contributed by atoms with E-state index in [4.69, 9.17) is 4.52 Å². The van der Waals surface area contributed by atoms with Crippen molar-refractivity contribution in [1.29, 1.82) is 0 Å². The van der Waals surface area contributed by atoms with Gasteiger partial charge in [0.2, 0.25) is 0 Å². The standard InChI is InChI=1S/C20H16FN3O/c1-13-4-3-5-17(10-13)24-11-18(22-12-24)19-14(2)25-23-20(19)15-6-8-16(21)9-7-15/h3-12H,1-2H3. The zero-order valence-corrected chi connectivity index (χ0v) is 13.9. The van der Waals surface area contributed by atoms with Crippen LogP contribution in [0.2, 0.25) is 0 Å². The van der Waals surface area contributed by atoms with Crippen LogP contribution in [0.3, 0.4) is 0 Å². The summed E-state index contributed by atoms with van der Waals surface area (Å²) in [6, 6.07) is 14.4. The quantitative estimate of drug-likeness (QED) is 0.533. The molecule has 0 spiro atoms. The van der Waals surface area contributed by atoms with Crippen LogP contribution in [0.5, 0.6) is 0 Å². The monoisotopic (exact) mass is 333 g/mol. The Morgan fingerprint density at radius 1 is 1.04 bits per heavy atom. The highest BCUT2D eigenvalue weighted by atomic mass is 19.1. The second-order valence-electron chi connectivity index (χ2n) is 5.97. The van der Waals surface area contributed by atoms with Crippen LogP contribution in [-0.4, -0.2) is 14.7 Å². The molecule has 0 N–H and O–H groups in total. The maximum Gasteiger partial charge on any atom is 0.143 e. The molecular weight excluding hydrogens is 317 g/mol. The van der Waals surface area contributed by atoms with Crippen LogP contribution in [0.4, 0.5) is 4.39 Å². The van der Waals surface area contributed by atoms with Gasteiger partial charge in [-0.05, 0) is 55.8 Å². The molecule has 0 radical (unpaired) electrons. The van der Waals surface area contributed by atoms with Gasteiger partial charge < -0.3 is 9.09 Å². The third-order valence-corrected chi connectivity index (χ3v) is 4.12. The van der Waals surface area contributed by atoms with Gasteiger partial charge in [-0.15, -0.1) is 0 Å². The Morgan fingerprint density at radius 2 is 1.84 bits per heavy atom. The van der Waals surface area contributed by atoms with Gasteiger partial charge >= 0.3 is 0 Å². The Hall–Kier alpha value is -3.21. The van der Waals surface area contributed by atoms with Gasteiger partial charge in [0.15, 0.2) is 0 Å². The first-order chi connectivity index (χ1) is 12.1. The van der Waals surface area contributed by atoms with Crippen LogP contribution < -0.4 is 0 Å². The Morgan fingerprint density at radius 3 is 2.60 bits per heavy atom. The van der Waals surface area contributed by atoms with Crippen molar-refractivity contribution in [3.8, 4) is 28.2 Å². The fourth-order valence-corrected chi connectivity index (χ4v) is 2.86. The molecule has 2 heterocycles. The molecule has 25 heavy (non-hydrogen) atoms. The number of aryl methyl sites for hydroxylation is 2. The molecule has 0 atom stereocenters. The highest BCUT2D eigenvalue weighted by Gasteiger charge is 2.19. The number of halogens is 1. The zero-order chi connectivity index (χ0) is 17.4. The minimum Gasteiger partial charge on any atom is -0.360 e. The summed E-state index contributed by atoms with van der Waals surface area (Å²) in [5, 5.41) is 4.14. The molecule has 4 nitrogen and oxygen atoms in total.